The van der Waals surface area contributed by atoms with Crippen molar-refractivity contribution in [1.29, 1.82) is 0 Å². The van der Waals surface area contributed by atoms with Crippen molar-refractivity contribution in [3.63, 3.8) is 0 Å². The van der Waals surface area contributed by atoms with Crippen molar-refractivity contribution in [1.82, 2.24) is 0 Å². The molecule has 1 aromatic rings. The van der Waals surface area contributed by atoms with Crippen LogP contribution in [0, 0.1) is 6.92 Å². The zero-order valence-corrected chi connectivity index (χ0v) is 11.8. The van der Waals surface area contributed by atoms with E-state index in [4.69, 9.17) is 9.84 Å². The maximum Gasteiger partial charge on any atom is 0.335 e. The maximum atomic E-state index is 11.8. The van der Waals surface area contributed by atoms with Gasteiger partial charge in [0.25, 0.3) is 0 Å². The molecule has 7 heteroatoms. The molecule has 0 amide bonds. The normalized spacial score (nSPS) is 13.0. The number of sulfonamides is 1. The molecule has 0 spiro atoms. The molecular formula is C12H17NO5S. The van der Waals surface area contributed by atoms with Gasteiger partial charge in [0, 0.05) is 12.8 Å². The molecule has 2 N–H and O–H groups in total. The average Bonchev–Trinajstić information content (AvgIpc) is 2.26. The number of ether oxygens (including phenoxy) is 1. The molecule has 1 unspecified atom stereocenters. The summed E-state index contributed by atoms with van der Waals surface area (Å²) in [5, 5.41) is 8.88. The Hall–Kier alpha value is -1.60. The number of hydrogen-bond donors (Lipinski definition) is 2. The van der Waals surface area contributed by atoms with E-state index in [0.29, 0.717) is 11.3 Å². The molecule has 106 valence electrons. The number of carboxylic acids is 1. The van der Waals surface area contributed by atoms with Crippen LogP contribution in [0.4, 0.5) is 5.69 Å². The lowest BCUT2D eigenvalue weighted by atomic mass is 10.1. The highest BCUT2D eigenvalue weighted by molar-refractivity contribution is 7.92. The number of benzene rings is 1. The van der Waals surface area contributed by atoms with Gasteiger partial charge in [0.15, 0.2) is 0 Å². The summed E-state index contributed by atoms with van der Waals surface area (Å²) in [5.74, 6) is -1.21. The van der Waals surface area contributed by atoms with Gasteiger partial charge in [0.1, 0.15) is 0 Å². The van der Waals surface area contributed by atoms with E-state index in [2.05, 4.69) is 4.72 Å². The number of nitrogens with one attached hydrogen (secondary N) is 1. The molecule has 19 heavy (non-hydrogen) atoms. The Kier molecular flexibility index (Phi) is 4.90. The van der Waals surface area contributed by atoms with Crippen LogP contribution in [-0.4, -0.2) is 38.5 Å². The van der Waals surface area contributed by atoms with E-state index in [-0.39, 0.29) is 11.3 Å². The predicted octanol–water partition coefficient (Wildman–Crippen LogP) is 1.47. The molecular weight excluding hydrogens is 270 g/mol. The first-order valence-electron chi connectivity index (χ1n) is 5.62. The molecule has 1 rings (SSSR count). The van der Waals surface area contributed by atoms with Crippen molar-refractivity contribution in [2.24, 2.45) is 0 Å². The number of carbonyl (C=O) groups is 1. The van der Waals surface area contributed by atoms with Crippen LogP contribution >= 0.6 is 0 Å². The van der Waals surface area contributed by atoms with Crippen molar-refractivity contribution in [3.05, 3.63) is 29.3 Å². The lowest BCUT2D eigenvalue weighted by Crippen LogP contribution is -2.25. The van der Waals surface area contributed by atoms with Gasteiger partial charge in [-0.3, -0.25) is 4.72 Å². The topological polar surface area (TPSA) is 92.7 Å². The largest absolute Gasteiger partial charge is 0.478 e. The molecule has 0 saturated heterocycles. The van der Waals surface area contributed by atoms with E-state index in [1.54, 1.807) is 13.8 Å². The second-order valence-corrected chi connectivity index (χ2v) is 6.03. The van der Waals surface area contributed by atoms with Gasteiger partial charge in [-0.1, -0.05) is 0 Å². The van der Waals surface area contributed by atoms with Gasteiger partial charge in [0.05, 0.1) is 17.4 Å². The molecule has 0 aromatic heterocycles. The monoisotopic (exact) mass is 287 g/mol. The number of anilines is 1. The summed E-state index contributed by atoms with van der Waals surface area (Å²) in [6.45, 7) is 3.26. The Balaban J connectivity index is 2.89. The lowest BCUT2D eigenvalue weighted by molar-refractivity contribution is 0.0696. The smallest absolute Gasteiger partial charge is 0.335 e. The molecule has 1 atom stereocenters. The first-order valence-corrected chi connectivity index (χ1v) is 7.27. The minimum atomic E-state index is -3.52. The summed E-state index contributed by atoms with van der Waals surface area (Å²) in [4.78, 5) is 10.8. The lowest BCUT2D eigenvalue weighted by Gasteiger charge is -2.13. The van der Waals surface area contributed by atoms with Crippen LogP contribution in [-0.2, 0) is 14.8 Å². The summed E-state index contributed by atoms with van der Waals surface area (Å²) in [6, 6.07) is 4.28. The Bertz CT molecular complexity index is 567. The summed E-state index contributed by atoms with van der Waals surface area (Å²) in [5.41, 5.74) is 0.978. The fraction of sp³-hybridized carbons (Fsp3) is 0.417. The Morgan fingerprint density at radius 1 is 1.47 bits per heavy atom. The van der Waals surface area contributed by atoms with Crippen molar-refractivity contribution >= 4 is 21.7 Å². The second kappa shape index (κ2) is 6.03. The molecule has 0 radical (unpaired) electrons. The summed E-state index contributed by atoms with van der Waals surface area (Å²) >= 11 is 0. The van der Waals surface area contributed by atoms with Crippen LogP contribution in [0.5, 0.6) is 0 Å². The molecule has 0 aliphatic rings. The number of carboxylic acid groups (broad SMARTS) is 1. The highest BCUT2D eigenvalue weighted by Crippen LogP contribution is 2.16. The minimum absolute atomic E-state index is 0.146. The van der Waals surface area contributed by atoms with Crippen LogP contribution in [0.2, 0.25) is 0 Å². The molecule has 0 fully saturated rings. The highest BCUT2D eigenvalue weighted by Gasteiger charge is 2.16. The van der Waals surface area contributed by atoms with Crippen LogP contribution in [0.3, 0.4) is 0 Å². The third kappa shape index (κ3) is 4.53. The molecule has 0 aliphatic heterocycles. The third-order valence-corrected chi connectivity index (χ3v) is 4.04. The van der Waals surface area contributed by atoms with Gasteiger partial charge in [0.2, 0.25) is 10.0 Å². The molecule has 0 heterocycles. The quantitative estimate of drug-likeness (QED) is 0.826. The summed E-state index contributed by atoms with van der Waals surface area (Å²) in [7, 11) is -2.08. The maximum absolute atomic E-state index is 11.8. The van der Waals surface area contributed by atoms with E-state index in [9.17, 15) is 13.2 Å². The number of aromatic carboxylic acids is 1. The third-order valence-electron chi connectivity index (χ3n) is 2.59. The summed E-state index contributed by atoms with van der Waals surface area (Å²) in [6.07, 6.45) is -0.420. The number of methoxy groups -OCH3 is 1. The Morgan fingerprint density at radius 3 is 2.58 bits per heavy atom. The van der Waals surface area contributed by atoms with Gasteiger partial charge in [-0.15, -0.1) is 0 Å². The highest BCUT2D eigenvalue weighted by atomic mass is 32.2. The number of rotatable bonds is 6. The van der Waals surface area contributed by atoms with Gasteiger partial charge in [-0.25, -0.2) is 13.2 Å². The van der Waals surface area contributed by atoms with Gasteiger partial charge in [-0.2, -0.15) is 0 Å². The minimum Gasteiger partial charge on any atom is -0.478 e. The van der Waals surface area contributed by atoms with Gasteiger partial charge >= 0.3 is 5.97 Å². The van der Waals surface area contributed by atoms with Crippen LogP contribution < -0.4 is 4.72 Å². The van der Waals surface area contributed by atoms with Crippen molar-refractivity contribution in [2.75, 3.05) is 17.6 Å². The predicted molar refractivity (Wildman–Crippen MR) is 72.0 cm³/mol. The van der Waals surface area contributed by atoms with Crippen LogP contribution in [0.15, 0.2) is 18.2 Å². The molecule has 0 bridgehead atoms. The van der Waals surface area contributed by atoms with E-state index >= 15 is 0 Å². The fourth-order valence-corrected chi connectivity index (χ4v) is 2.89. The van der Waals surface area contributed by atoms with Crippen molar-refractivity contribution in [2.45, 2.75) is 20.0 Å². The summed E-state index contributed by atoms with van der Waals surface area (Å²) < 4.78 is 30.9. The molecule has 1 aromatic carbocycles. The zero-order chi connectivity index (χ0) is 14.6. The van der Waals surface area contributed by atoms with Crippen LogP contribution in [0.1, 0.15) is 22.8 Å². The van der Waals surface area contributed by atoms with E-state index in [1.165, 1.54) is 25.3 Å². The standard InChI is InChI=1S/C12H17NO5S/c1-8-6-10(4-5-11(8)12(14)15)13-19(16,17)7-9(2)18-3/h4-6,9,13H,7H2,1-3H3,(H,14,15). The van der Waals surface area contributed by atoms with Crippen molar-refractivity contribution < 1.29 is 23.1 Å². The van der Waals surface area contributed by atoms with Crippen LogP contribution in [0.25, 0.3) is 0 Å². The van der Waals surface area contributed by atoms with Gasteiger partial charge in [-0.05, 0) is 37.6 Å². The van der Waals surface area contributed by atoms with E-state index in [1.807, 2.05) is 0 Å². The fourth-order valence-electron chi connectivity index (χ4n) is 1.57. The first-order chi connectivity index (χ1) is 8.75. The second-order valence-electron chi connectivity index (χ2n) is 4.26. The Morgan fingerprint density at radius 2 is 2.11 bits per heavy atom. The van der Waals surface area contributed by atoms with Crippen molar-refractivity contribution in [3.8, 4) is 0 Å². The SMILES string of the molecule is COC(C)CS(=O)(=O)Nc1ccc(C(=O)O)c(C)c1. The molecule has 6 nitrogen and oxygen atoms in total. The average molecular weight is 287 g/mol. The molecule has 0 aliphatic carbocycles. The van der Waals surface area contributed by atoms with E-state index < -0.39 is 22.1 Å². The number of aryl methyl sites for hydroxylation is 1. The van der Waals surface area contributed by atoms with E-state index in [0.717, 1.165) is 0 Å². The number of hydrogen-bond acceptors (Lipinski definition) is 4. The first kappa shape index (κ1) is 15.5. The Labute approximate surface area is 112 Å². The van der Waals surface area contributed by atoms with Gasteiger partial charge < -0.3 is 9.84 Å². The molecule has 0 saturated carbocycles. The zero-order valence-electron chi connectivity index (χ0n) is 11.0.